The van der Waals surface area contributed by atoms with Crippen LogP contribution in [0.1, 0.15) is 0 Å². The van der Waals surface area contributed by atoms with Crippen molar-refractivity contribution in [3.8, 4) is 5.75 Å². The van der Waals surface area contributed by atoms with Crippen LogP contribution in [-0.2, 0) is 4.74 Å². The summed E-state index contributed by atoms with van der Waals surface area (Å²) in [5.74, 6) is 0.875. The van der Waals surface area contributed by atoms with Crippen molar-refractivity contribution in [1.29, 1.82) is 0 Å². The predicted octanol–water partition coefficient (Wildman–Crippen LogP) is 2.16. The van der Waals surface area contributed by atoms with E-state index in [1.54, 1.807) is 7.11 Å². The minimum atomic E-state index is -0.458. The molecule has 1 unspecified atom stereocenters. The van der Waals surface area contributed by atoms with E-state index < -0.39 is 6.10 Å². The van der Waals surface area contributed by atoms with E-state index in [4.69, 9.17) is 9.47 Å². The van der Waals surface area contributed by atoms with Crippen molar-refractivity contribution >= 4 is 10.8 Å². The third-order valence-electron chi connectivity index (χ3n) is 3.34. The van der Waals surface area contributed by atoms with Crippen LogP contribution in [0, 0.1) is 0 Å². The summed E-state index contributed by atoms with van der Waals surface area (Å²) < 4.78 is 10.7. The Hall–Kier alpha value is -1.62. The van der Waals surface area contributed by atoms with Crippen LogP contribution in [-0.4, -0.2) is 56.6 Å². The maximum Gasteiger partial charge on any atom is 0.120 e. The number of benzene rings is 2. The van der Waals surface area contributed by atoms with Gasteiger partial charge in [-0.05, 0) is 30.0 Å². The zero-order chi connectivity index (χ0) is 15.1. The van der Waals surface area contributed by atoms with Gasteiger partial charge in [0.2, 0.25) is 0 Å². The average Bonchev–Trinajstić information content (AvgIpc) is 2.47. The third-order valence-corrected chi connectivity index (χ3v) is 3.34. The lowest BCUT2D eigenvalue weighted by Gasteiger charge is -2.20. The molecule has 0 saturated carbocycles. The number of hydrogen-bond acceptors (Lipinski definition) is 4. The van der Waals surface area contributed by atoms with Crippen molar-refractivity contribution < 1.29 is 14.6 Å². The predicted molar refractivity (Wildman–Crippen MR) is 84.8 cm³/mol. The molecular formula is C17H23NO3. The fourth-order valence-corrected chi connectivity index (χ4v) is 2.27. The smallest absolute Gasteiger partial charge is 0.120 e. The molecule has 0 aliphatic heterocycles. The van der Waals surface area contributed by atoms with Crippen LogP contribution >= 0.6 is 0 Å². The first-order valence-electron chi connectivity index (χ1n) is 7.16. The molecule has 0 heterocycles. The minimum absolute atomic E-state index is 0.357. The molecule has 4 nitrogen and oxygen atoms in total. The number of aliphatic hydroxyl groups is 1. The molecule has 0 spiro atoms. The molecule has 2 aromatic carbocycles. The van der Waals surface area contributed by atoms with Gasteiger partial charge in [-0.1, -0.05) is 30.3 Å². The number of ether oxygens (including phenoxy) is 2. The summed E-state index contributed by atoms with van der Waals surface area (Å²) in [6.45, 7) is 2.28. The number of rotatable bonds is 8. The highest BCUT2D eigenvalue weighted by Gasteiger charge is 2.07. The number of likely N-dealkylation sites (N-methyl/N-ethyl adjacent to an activating group) is 1. The Kier molecular flexibility index (Phi) is 5.99. The Morgan fingerprint density at radius 3 is 2.67 bits per heavy atom. The number of methoxy groups -OCH3 is 1. The van der Waals surface area contributed by atoms with Crippen LogP contribution in [0.5, 0.6) is 5.75 Å². The lowest BCUT2D eigenvalue weighted by atomic mass is 10.1. The second-order valence-electron chi connectivity index (χ2n) is 5.23. The van der Waals surface area contributed by atoms with E-state index in [2.05, 4.69) is 24.3 Å². The molecule has 0 aliphatic rings. The van der Waals surface area contributed by atoms with Gasteiger partial charge in [-0.15, -0.1) is 0 Å². The van der Waals surface area contributed by atoms with Crippen molar-refractivity contribution in [1.82, 2.24) is 4.90 Å². The number of aliphatic hydroxyl groups excluding tert-OH is 1. The van der Waals surface area contributed by atoms with E-state index in [-0.39, 0.29) is 0 Å². The van der Waals surface area contributed by atoms with Gasteiger partial charge in [-0.2, -0.15) is 0 Å². The van der Waals surface area contributed by atoms with Crippen molar-refractivity contribution in [3.05, 3.63) is 42.5 Å². The Morgan fingerprint density at radius 2 is 1.90 bits per heavy atom. The average molecular weight is 289 g/mol. The summed E-state index contributed by atoms with van der Waals surface area (Å²) >= 11 is 0. The van der Waals surface area contributed by atoms with Gasteiger partial charge in [-0.3, -0.25) is 0 Å². The van der Waals surface area contributed by atoms with Gasteiger partial charge < -0.3 is 19.5 Å². The Bertz CT molecular complexity index is 558. The highest BCUT2D eigenvalue weighted by Crippen LogP contribution is 2.20. The van der Waals surface area contributed by atoms with E-state index in [0.29, 0.717) is 19.8 Å². The van der Waals surface area contributed by atoms with Crippen molar-refractivity contribution in [2.45, 2.75) is 6.10 Å². The zero-order valence-electron chi connectivity index (χ0n) is 12.7. The molecule has 1 N–H and O–H groups in total. The standard InChI is InChI=1S/C17H23NO3/c1-18(12-16(19)13-20-2)9-10-21-17-8-7-14-5-3-4-6-15(14)11-17/h3-8,11,16,19H,9-10,12-13H2,1-2H3. The Morgan fingerprint density at radius 1 is 1.14 bits per heavy atom. The fraction of sp³-hybridized carbons (Fsp3) is 0.412. The van der Waals surface area contributed by atoms with Gasteiger partial charge in [0.15, 0.2) is 0 Å². The first kappa shape index (κ1) is 15.8. The fourth-order valence-electron chi connectivity index (χ4n) is 2.27. The van der Waals surface area contributed by atoms with E-state index >= 15 is 0 Å². The maximum atomic E-state index is 9.65. The number of nitrogens with zero attached hydrogens (tertiary/aromatic N) is 1. The van der Waals surface area contributed by atoms with Gasteiger partial charge in [0.25, 0.3) is 0 Å². The van der Waals surface area contributed by atoms with E-state index in [1.165, 1.54) is 10.8 Å². The van der Waals surface area contributed by atoms with Crippen LogP contribution < -0.4 is 4.74 Å². The molecule has 4 heteroatoms. The molecular weight excluding hydrogens is 266 g/mol. The first-order valence-corrected chi connectivity index (χ1v) is 7.16. The molecule has 0 radical (unpaired) electrons. The van der Waals surface area contributed by atoms with Crippen LogP contribution in [0.15, 0.2) is 42.5 Å². The summed E-state index contributed by atoms with van der Waals surface area (Å²) in [6, 6.07) is 14.3. The highest BCUT2D eigenvalue weighted by molar-refractivity contribution is 5.83. The number of fused-ring (bicyclic) bond motifs is 1. The van der Waals surface area contributed by atoms with Crippen LogP contribution in [0.25, 0.3) is 10.8 Å². The van der Waals surface area contributed by atoms with Gasteiger partial charge in [-0.25, -0.2) is 0 Å². The molecule has 114 valence electrons. The van der Waals surface area contributed by atoms with Crippen LogP contribution in [0.2, 0.25) is 0 Å². The summed E-state index contributed by atoms with van der Waals surface area (Å²) in [7, 11) is 3.55. The summed E-state index contributed by atoms with van der Waals surface area (Å²) in [5, 5.41) is 12.0. The molecule has 21 heavy (non-hydrogen) atoms. The van der Waals surface area contributed by atoms with Gasteiger partial charge in [0, 0.05) is 20.2 Å². The van der Waals surface area contributed by atoms with E-state index in [9.17, 15) is 5.11 Å². The molecule has 0 amide bonds. The second kappa shape index (κ2) is 7.98. The first-order chi connectivity index (χ1) is 10.2. The molecule has 0 aliphatic carbocycles. The van der Waals surface area contributed by atoms with Gasteiger partial charge >= 0.3 is 0 Å². The minimum Gasteiger partial charge on any atom is -0.492 e. The molecule has 0 aromatic heterocycles. The maximum absolute atomic E-state index is 9.65. The quantitative estimate of drug-likeness (QED) is 0.808. The van der Waals surface area contributed by atoms with Gasteiger partial charge in [0.05, 0.1) is 12.7 Å². The number of hydrogen-bond donors (Lipinski definition) is 1. The third kappa shape index (κ3) is 5.01. The summed E-state index contributed by atoms with van der Waals surface area (Å²) in [4.78, 5) is 2.03. The lowest BCUT2D eigenvalue weighted by Crippen LogP contribution is -2.34. The topological polar surface area (TPSA) is 41.9 Å². The molecule has 0 fully saturated rings. The Labute approximate surface area is 125 Å². The molecule has 0 bridgehead atoms. The highest BCUT2D eigenvalue weighted by atomic mass is 16.5. The molecule has 2 aromatic rings. The monoisotopic (exact) mass is 289 g/mol. The van der Waals surface area contributed by atoms with Crippen molar-refractivity contribution in [2.75, 3.05) is 40.5 Å². The second-order valence-corrected chi connectivity index (χ2v) is 5.23. The van der Waals surface area contributed by atoms with Crippen LogP contribution in [0.4, 0.5) is 0 Å². The largest absolute Gasteiger partial charge is 0.492 e. The SMILES string of the molecule is COCC(O)CN(C)CCOc1ccc2ccccc2c1. The van der Waals surface area contributed by atoms with Gasteiger partial charge in [0.1, 0.15) is 12.4 Å². The van der Waals surface area contributed by atoms with Crippen molar-refractivity contribution in [3.63, 3.8) is 0 Å². The summed E-state index contributed by atoms with van der Waals surface area (Å²) in [6.07, 6.45) is -0.458. The van der Waals surface area contributed by atoms with E-state index in [1.807, 2.05) is 30.1 Å². The van der Waals surface area contributed by atoms with Crippen LogP contribution in [0.3, 0.4) is 0 Å². The van der Waals surface area contributed by atoms with Crippen molar-refractivity contribution in [2.24, 2.45) is 0 Å². The Balaban J connectivity index is 1.79. The molecule has 0 saturated heterocycles. The zero-order valence-corrected chi connectivity index (χ0v) is 12.7. The van der Waals surface area contributed by atoms with E-state index in [0.717, 1.165) is 12.3 Å². The molecule has 1 atom stereocenters. The summed E-state index contributed by atoms with van der Waals surface area (Å²) in [5.41, 5.74) is 0. The normalized spacial score (nSPS) is 12.8. The molecule has 2 rings (SSSR count). The lowest BCUT2D eigenvalue weighted by molar-refractivity contribution is 0.0410.